The molecule has 0 N–H and O–H groups in total. The average molecular weight is 352 g/mol. The van der Waals surface area contributed by atoms with Crippen LogP contribution in [-0.4, -0.2) is 23.4 Å². The summed E-state index contributed by atoms with van der Waals surface area (Å²) in [7, 11) is 0. The van der Waals surface area contributed by atoms with E-state index in [1.165, 1.54) is 42.5 Å². The fraction of sp³-hybridized carbons (Fsp3) is 0.412. The van der Waals surface area contributed by atoms with E-state index in [4.69, 9.17) is 0 Å². The van der Waals surface area contributed by atoms with Gasteiger partial charge in [0.1, 0.15) is 0 Å². The lowest BCUT2D eigenvalue weighted by Gasteiger charge is -2.26. The van der Waals surface area contributed by atoms with Gasteiger partial charge in [0.25, 0.3) is 0 Å². The van der Waals surface area contributed by atoms with Gasteiger partial charge in [-0.3, -0.25) is 4.79 Å². The molecule has 2 heterocycles. The molecule has 2 aliphatic rings. The number of nitrogens with zero attached hydrogens (tertiary/aromatic N) is 2. The van der Waals surface area contributed by atoms with Crippen LogP contribution in [0.15, 0.2) is 30.5 Å². The molecule has 24 heavy (non-hydrogen) atoms. The number of thiazole rings is 1. The number of ketones is 1. The highest BCUT2D eigenvalue weighted by atomic mass is 32.1. The Hall–Kier alpha value is -1.89. The van der Waals surface area contributed by atoms with E-state index >= 15 is 0 Å². The predicted octanol–water partition coefficient (Wildman–Crippen LogP) is 4.38. The van der Waals surface area contributed by atoms with Crippen LogP contribution in [0, 0.1) is 5.92 Å². The van der Waals surface area contributed by atoms with Gasteiger partial charge in [-0.05, 0) is 37.3 Å². The van der Waals surface area contributed by atoms with Crippen LogP contribution < -0.4 is 4.90 Å². The largest absolute Gasteiger partial charge is 0.416 e. The maximum absolute atomic E-state index is 12.8. The van der Waals surface area contributed by atoms with Crippen LogP contribution in [0.25, 0.3) is 0 Å². The highest BCUT2D eigenvalue weighted by molar-refractivity contribution is 7.17. The van der Waals surface area contributed by atoms with Crippen LogP contribution in [0.2, 0.25) is 0 Å². The summed E-state index contributed by atoms with van der Waals surface area (Å²) in [5.41, 5.74) is -0.766. The van der Waals surface area contributed by atoms with E-state index in [1.807, 2.05) is 0 Å². The van der Waals surface area contributed by atoms with Gasteiger partial charge in [0.2, 0.25) is 5.78 Å². The Balaban J connectivity index is 1.57. The monoisotopic (exact) mass is 352 g/mol. The van der Waals surface area contributed by atoms with Gasteiger partial charge >= 0.3 is 6.18 Å². The Morgan fingerprint density at radius 1 is 1.29 bits per heavy atom. The van der Waals surface area contributed by atoms with Gasteiger partial charge in [-0.1, -0.05) is 23.5 Å². The third-order valence-corrected chi connectivity index (χ3v) is 5.86. The van der Waals surface area contributed by atoms with Crippen molar-refractivity contribution in [1.82, 2.24) is 4.98 Å². The maximum Gasteiger partial charge on any atom is 0.416 e. The highest BCUT2D eigenvalue weighted by Crippen LogP contribution is 2.41. The second-order valence-corrected chi connectivity index (χ2v) is 7.41. The Morgan fingerprint density at radius 2 is 2.12 bits per heavy atom. The number of benzene rings is 1. The van der Waals surface area contributed by atoms with Gasteiger partial charge in [0.15, 0.2) is 5.13 Å². The maximum atomic E-state index is 12.8. The summed E-state index contributed by atoms with van der Waals surface area (Å²) in [6.45, 7) is 0.968. The SMILES string of the molecule is O=C(c1cccc(C(F)(F)F)c1)c1cnc(N2CC3CCC2C3)s1. The lowest BCUT2D eigenvalue weighted by Crippen LogP contribution is -2.31. The predicted molar refractivity (Wildman–Crippen MR) is 85.5 cm³/mol. The van der Waals surface area contributed by atoms with E-state index in [1.54, 1.807) is 0 Å². The van der Waals surface area contributed by atoms with E-state index < -0.39 is 17.5 Å². The molecule has 7 heteroatoms. The summed E-state index contributed by atoms with van der Waals surface area (Å²) in [5, 5.41) is 0.803. The molecule has 3 nitrogen and oxygen atoms in total. The lowest BCUT2D eigenvalue weighted by atomic mass is 10.1. The van der Waals surface area contributed by atoms with Crippen molar-refractivity contribution in [2.45, 2.75) is 31.5 Å². The number of hydrogen-bond acceptors (Lipinski definition) is 4. The van der Waals surface area contributed by atoms with E-state index in [0.717, 1.165) is 30.2 Å². The van der Waals surface area contributed by atoms with E-state index in [-0.39, 0.29) is 5.56 Å². The zero-order chi connectivity index (χ0) is 16.9. The summed E-state index contributed by atoms with van der Waals surface area (Å²) in [5.74, 6) is 0.302. The van der Waals surface area contributed by atoms with E-state index in [2.05, 4.69) is 9.88 Å². The molecule has 2 fully saturated rings. The van der Waals surface area contributed by atoms with Crippen LogP contribution in [0.4, 0.5) is 18.3 Å². The summed E-state index contributed by atoms with van der Waals surface area (Å²) in [6, 6.07) is 5.04. The van der Waals surface area contributed by atoms with E-state index in [0.29, 0.717) is 16.8 Å². The molecular weight excluding hydrogens is 337 g/mol. The quantitative estimate of drug-likeness (QED) is 0.769. The average Bonchev–Trinajstić information content (AvgIpc) is 3.29. The van der Waals surface area contributed by atoms with Crippen molar-refractivity contribution in [2.24, 2.45) is 5.92 Å². The Labute approximate surface area is 141 Å². The zero-order valence-corrected chi connectivity index (χ0v) is 13.5. The number of hydrogen-bond donors (Lipinski definition) is 0. The van der Waals surface area contributed by atoms with Crippen molar-refractivity contribution >= 4 is 22.3 Å². The molecule has 2 atom stereocenters. The molecule has 2 bridgehead atoms. The number of rotatable bonds is 3. The molecule has 0 spiro atoms. The van der Waals surface area contributed by atoms with Crippen molar-refractivity contribution < 1.29 is 18.0 Å². The smallest absolute Gasteiger partial charge is 0.345 e. The third-order valence-electron chi connectivity index (χ3n) is 4.82. The molecule has 1 aliphatic carbocycles. The van der Waals surface area contributed by atoms with Gasteiger partial charge < -0.3 is 4.90 Å². The zero-order valence-electron chi connectivity index (χ0n) is 12.7. The number of fused-ring (bicyclic) bond motifs is 2. The Kier molecular flexibility index (Phi) is 3.63. The molecule has 2 aromatic rings. The molecule has 1 aromatic heterocycles. The molecule has 0 radical (unpaired) electrons. The fourth-order valence-electron chi connectivity index (χ4n) is 3.64. The molecule has 4 rings (SSSR count). The first kappa shape index (κ1) is 15.6. The van der Waals surface area contributed by atoms with Crippen molar-refractivity contribution in [1.29, 1.82) is 0 Å². The number of aromatic nitrogens is 1. The minimum Gasteiger partial charge on any atom is -0.345 e. The fourth-order valence-corrected chi connectivity index (χ4v) is 4.60. The van der Waals surface area contributed by atoms with Gasteiger partial charge in [0, 0.05) is 18.2 Å². The first-order chi connectivity index (χ1) is 11.4. The highest BCUT2D eigenvalue weighted by Gasteiger charge is 2.39. The van der Waals surface area contributed by atoms with Crippen LogP contribution >= 0.6 is 11.3 Å². The van der Waals surface area contributed by atoms with Crippen molar-refractivity contribution in [2.75, 3.05) is 11.4 Å². The van der Waals surface area contributed by atoms with Crippen molar-refractivity contribution in [3.63, 3.8) is 0 Å². The van der Waals surface area contributed by atoms with Crippen LogP contribution in [-0.2, 0) is 6.18 Å². The first-order valence-corrected chi connectivity index (χ1v) is 8.68. The molecule has 0 amide bonds. The van der Waals surface area contributed by atoms with Crippen LogP contribution in [0.1, 0.15) is 40.1 Å². The molecule has 126 valence electrons. The number of anilines is 1. The normalized spacial score (nSPS) is 23.0. The van der Waals surface area contributed by atoms with Gasteiger partial charge in [-0.15, -0.1) is 0 Å². The van der Waals surface area contributed by atoms with Crippen molar-refractivity contribution in [3.05, 3.63) is 46.5 Å². The number of piperidine rings is 1. The lowest BCUT2D eigenvalue weighted by molar-refractivity contribution is -0.137. The van der Waals surface area contributed by atoms with Gasteiger partial charge in [-0.2, -0.15) is 13.2 Å². The number of alkyl halides is 3. The first-order valence-electron chi connectivity index (χ1n) is 7.86. The third kappa shape index (κ3) is 2.70. The summed E-state index contributed by atoms with van der Waals surface area (Å²) >= 11 is 1.27. The topological polar surface area (TPSA) is 33.2 Å². The number of carbonyl (C=O) groups excluding carboxylic acids is 1. The number of halogens is 3. The second-order valence-electron chi connectivity index (χ2n) is 6.40. The Bertz CT molecular complexity index is 786. The molecule has 2 unspecified atom stereocenters. The minimum absolute atomic E-state index is 0.0444. The van der Waals surface area contributed by atoms with E-state index in [9.17, 15) is 18.0 Å². The van der Waals surface area contributed by atoms with Gasteiger partial charge in [-0.25, -0.2) is 4.98 Å². The van der Waals surface area contributed by atoms with Crippen LogP contribution in [0.3, 0.4) is 0 Å². The molecular formula is C17H15F3N2OS. The summed E-state index contributed by atoms with van der Waals surface area (Å²) in [4.78, 5) is 19.5. The molecule has 1 saturated heterocycles. The summed E-state index contributed by atoms with van der Waals surface area (Å²) < 4.78 is 38.4. The van der Waals surface area contributed by atoms with Gasteiger partial charge in [0.05, 0.1) is 16.6 Å². The van der Waals surface area contributed by atoms with Crippen LogP contribution in [0.5, 0.6) is 0 Å². The second kappa shape index (κ2) is 5.58. The number of carbonyl (C=O) groups is 1. The Morgan fingerprint density at radius 3 is 2.79 bits per heavy atom. The van der Waals surface area contributed by atoms with Crippen molar-refractivity contribution in [3.8, 4) is 0 Å². The molecule has 1 aliphatic heterocycles. The molecule has 1 saturated carbocycles. The molecule has 1 aromatic carbocycles. The minimum atomic E-state index is -4.45. The standard InChI is InChI=1S/C17H15F3N2OS/c18-17(19,20)12-3-1-2-11(7-12)15(23)14-8-21-16(24-14)22-9-10-4-5-13(22)6-10/h1-3,7-8,10,13H,4-6,9H2. The summed E-state index contributed by atoms with van der Waals surface area (Å²) in [6.07, 6.45) is 0.610.